The number of pyridine rings is 1. The number of hydrogen-bond donors (Lipinski definition) is 1. The standard InChI is InChI=1S/C15H16N6O/c16-9-14-15(19-6-5-18-14)21-8-7-20(10-13(22)11-21)12-1-3-17-4-2-12/h1-6,13,22H,7-8,10-11H2/t13-/m1/s1. The van der Waals surface area contributed by atoms with Crippen molar-refractivity contribution in [3.05, 3.63) is 42.6 Å². The molecule has 0 amide bonds. The highest BCUT2D eigenvalue weighted by Crippen LogP contribution is 2.20. The fourth-order valence-electron chi connectivity index (χ4n) is 2.61. The zero-order valence-electron chi connectivity index (χ0n) is 12.0. The summed E-state index contributed by atoms with van der Waals surface area (Å²) in [7, 11) is 0. The lowest BCUT2D eigenvalue weighted by Crippen LogP contribution is -2.34. The summed E-state index contributed by atoms with van der Waals surface area (Å²) in [6.45, 7) is 2.34. The van der Waals surface area contributed by atoms with Crippen LogP contribution in [0.1, 0.15) is 5.69 Å². The van der Waals surface area contributed by atoms with E-state index in [0.717, 1.165) is 12.2 Å². The van der Waals surface area contributed by atoms with Gasteiger partial charge in [-0.25, -0.2) is 9.97 Å². The number of rotatable bonds is 2. The molecule has 0 aliphatic carbocycles. The van der Waals surface area contributed by atoms with Gasteiger partial charge in [0.2, 0.25) is 0 Å². The first-order valence-electron chi connectivity index (χ1n) is 7.07. The van der Waals surface area contributed by atoms with Crippen molar-refractivity contribution >= 4 is 11.5 Å². The summed E-state index contributed by atoms with van der Waals surface area (Å²) in [6.07, 6.45) is 6.00. The molecule has 0 bridgehead atoms. The van der Waals surface area contributed by atoms with E-state index in [1.807, 2.05) is 17.0 Å². The van der Waals surface area contributed by atoms with Crippen LogP contribution in [0.15, 0.2) is 36.9 Å². The monoisotopic (exact) mass is 296 g/mol. The molecule has 3 rings (SSSR count). The van der Waals surface area contributed by atoms with Crippen LogP contribution in [0, 0.1) is 11.3 Å². The third-order valence-corrected chi connectivity index (χ3v) is 3.61. The second-order valence-electron chi connectivity index (χ2n) is 5.09. The minimum Gasteiger partial charge on any atom is -0.389 e. The van der Waals surface area contributed by atoms with Crippen molar-refractivity contribution in [2.24, 2.45) is 0 Å². The van der Waals surface area contributed by atoms with Crippen LogP contribution in [0.25, 0.3) is 0 Å². The van der Waals surface area contributed by atoms with Gasteiger partial charge in [0.15, 0.2) is 11.5 Å². The third-order valence-electron chi connectivity index (χ3n) is 3.61. The fraction of sp³-hybridized carbons (Fsp3) is 0.333. The van der Waals surface area contributed by atoms with Gasteiger partial charge in [-0.2, -0.15) is 5.26 Å². The Morgan fingerprint density at radius 3 is 2.50 bits per heavy atom. The predicted octanol–water partition coefficient (Wildman–Crippen LogP) is 0.431. The van der Waals surface area contributed by atoms with E-state index in [0.29, 0.717) is 25.5 Å². The maximum absolute atomic E-state index is 10.3. The summed E-state index contributed by atoms with van der Waals surface area (Å²) in [5, 5.41) is 19.4. The van der Waals surface area contributed by atoms with E-state index >= 15 is 0 Å². The summed E-state index contributed by atoms with van der Waals surface area (Å²) in [5.41, 5.74) is 1.31. The van der Waals surface area contributed by atoms with Crippen molar-refractivity contribution in [3.8, 4) is 6.07 Å². The molecule has 0 aromatic carbocycles. The van der Waals surface area contributed by atoms with Crippen LogP contribution in [-0.4, -0.2) is 52.3 Å². The molecule has 3 heterocycles. The molecule has 112 valence electrons. The van der Waals surface area contributed by atoms with E-state index in [1.54, 1.807) is 18.6 Å². The molecule has 0 spiro atoms. The number of nitriles is 1. The molecule has 2 aromatic heterocycles. The summed E-state index contributed by atoms with van der Waals surface area (Å²) in [4.78, 5) is 16.3. The highest BCUT2D eigenvalue weighted by atomic mass is 16.3. The zero-order chi connectivity index (χ0) is 15.4. The first kappa shape index (κ1) is 14.2. The van der Waals surface area contributed by atoms with Gasteiger partial charge in [-0.15, -0.1) is 0 Å². The lowest BCUT2D eigenvalue weighted by atomic mass is 10.3. The van der Waals surface area contributed by atoms with Gasteiger partial charge in [-0.3, -0.25) is 4.98 Å². The highest BCUT2D eigenvalue weighted by Gasteiger charge is 2.24. The third kappa shape index (κ3) is 2.97. The molecular weight excluding hydrogens is 280 g/mol. The van der Waals surface area contributed by atoms with E-state index in [1.165, 1.54) is 6.20 Å². The van der Waals surface area contributed by atoms with Crippen LogP contribution in [0.2, 0.25) is 0 Å². The average molecular weight is 296 g/mol. The van der Waals surface area contributed by atoms with Crippen LogP contribution < -0.4 is 9.80 Å². The molecule has 1 aliphatic rings. The molecule has 1 saturated heterocycles. The lowest BCUT2D eigenvalue weighted by Gasteiger charge is -2.23. The normalized spacial score (nSPS) is 18.6. The Morgan fingerprint density at radius 1 is 1.05 bits per heavy atom. The Bertz CT molecular complexity index is 671. The smallest absolute Gasteiger partial charge is 0.183 e. The van der Waals surface area contributed by atoms with Crippen molar-refractivity contribution < 1.29 is 5.11 Å². The Kier molecular flexibility index (Phi) is 4.12. The average Bonchev–Trinajstić information content (AvgIpc) is 2.77. The number of aromatic nitrogens is 3. The van der Waals surface area contributed by atoms with Crippen LogP contribution in [-0.2, 0) is 0 Å². The van der Waals surface area contributed by atoms with Gasteiger partial charge >= 0.3 is 0 Å². The van der Waals surface area contributed by atoms with Gasteiger partial charge < -0.3 is 14.9 Å². The second-order valence-corrected chi connectivity index (χ2v) is 5.09. The Morgan fingerprint density at radius 2 is 1.73 bits per heavy atom. The number of β-amino-alcohol motifs (C(OH)–C–C–N with tert-alkyl or cyclic N) is 1. The lowest BCUT2D eigenvalue weighted by molar-refractivity contribution is 0.191. The van der Waals surface area contributed by atoms with Crippen molar-refractivity contribution in [3.63, 3.8) is 0 Å². The number of aliphatic hydroxyl groups excluding tert-OH is 1. The SMILES string of the molecule is N#Cc1nccnc1N1CCN(c2ccncc2)C[C@@H](O)C1. The molecule has 1 N–H and O–H groups in total. The van der Waals surface area contributed by atoms with E-state index < -0.39 is 6.10 Å². The maximum atomic E-state index is 10.3. The van der Waals surface area contributed by atoms with Crippen molar-refractivity contribution in [2.75, 3.05) is 36.0 Å². The summed E-state index contributed by atoms with van der Waals surface area (Å²) >= 11 is 0. The van der Waals surface area contributed by atoms with E-state index in [2.05, 4.69) is 25.9 Å². The van der Waals surface area contributed by atoms with E-state index in [9.17, 15) is 5.11 Å². The molecule has 2 aromatic rings. The Hall–Kier alpha value is -2.72. The van der Waals surface area contributed by atoms with Crippen molar-refractivity contribution in [1.82, 2.24) is 15.0 Å². The van der Waals surface area contributed by atoms with Gasteiger partial charge in [0.1, 0.15) is 6.07 Å². The molecular formula is C15H16N6O. The number of aliphatic hydroxyl groups is 1. The largest absolute Gasteiger partial charge is 0.389 e. The number of hydrogen-bond acceptors (Lipinski definition) is 7. The molecule has 1 aliphatic heterocycles. The number of nitrogens with zero attached hydrogens (tertiary/aromatic N) is 6. The van der Waals surface area contributed by atoms with Crippen molar-refractivity contribution in [2.45, 2.75) is 6.10 Å². The van der Waals surface area contributed by atoms with Crippen LogP contribution >= 0.6 is 0 Å². The first-order chi connectivity index (χ1) is 10.8. The fourth-order valence-corrected chi connectivity index (χ4v) is 2.61. The van der Waals surface area contributed by atoms with E-state index in [-0.39, 0.29) is 5.69 Å². The summed E-state index contributed by atoms with van der Waals surface area (Å²) in [6, 6.07) is 5.90. The Labute approximate surface area is 128 Å². The van der Waals surface area contributed by atoms with Crippen molar-refractivity contribution in [1.29, 1.82) is 5.26 Å². The van der Waals surface area contributed by atoms with Crippen LogP contribution in [0.3, 0.4) is 0 Å². The number of anilines is 2. The molecule has 22 heavy (non-hydrogen) atoms. The molecule has 0 unspecified atom stereocenters. The van der Waals surface area contributed by atoms with Crippen LogP contribution in [0.4, 0.5) is 11.5 Å². The first-order valence-corrected chi connectivity index (χ1v) is 7.07. The molecule has 0 radical (unpaired) electrons. The molecule has 1 fully saturated rings. The predicted molar refractivity (Wildman–Crippen MR) is 81.4 cm³/mol. The minimum absolute atomic E-state index is 0.284. The quantitative estimate of drug-likeness (QED) is 0.859. The summed E-state index contributed by atoms with van der Waals surface area (Å²) in [5.74, 6) is 0.528. The van der Waals surface area contributed by atoms with Gasteiger partial charge in [-0.05, 0) is 12.1 Å². The zero-order valence-corrected chi connectivity index (χ0v) is 12.0. The van der Waals surface area contributed by atoms with Gasteiger partial charge in [0.25, 0.3) is 0 Å². The van der Waals surface area contributed by atoms with Gasteiger partial charge in [0, 0.05) is 56.7 Å². The second kappa shape index (κ2) is 6.37. The summed E-state index contributed by atoms with van der Waals surface area (Å²) < 4.78 is 0. The molecule has 1 atom stereocenters. The topological polar surface area (TPSA) is 89.2 Å². The van der Waals surface area contributed by atoms with Crippen LogP contribution in [0.5, 0.6) is 0 Å². The van der Waals surface area contributed by atoms with Gasteiger partial charge in [-0.1, -0.05) is 0 Å². The molecule has 7 nitrogen and oxygen atoms in total. The van der Waals surface area contributed by atoms with E-state index in [4.69, 9.17) is 5.26 Å². The molecule has 0 saturated carbocycles. The Balaban J connectivity index is 1.82. The minimum atomic E-state index is -0.538. The maximum Gasteiger partial charge on any atom is 0.183 e. The molecule has 7 heteroatoms. The highest BCUT2D eigenvalue weighted by molar-refractivity contribution is 5.51. The van der Waals surface area contributed by atoms with Gasteiger partial charge in [0.05, 0.1) is 6.10 Å².